The molecular formula is C23H23N3O2. The van der Waals surface area contributed by atoms with Gasteiger partial charge in [-0.1, -0.05) is 30.3 Å². The fourth-order valence-corrected chi connectivity index (χ4v) is 3.68. The van der Waals surface area contributed by atoms with E-state index in [1.54, 1.807) is 6.20 Å². The van der Waals surface area contributed by atoms with E-state index >= 15 is 0 Å². The summed E-state index contributed by atoms with van der Waals surface area (Å²) < 4.78 is 7.97. The van der Waals surface area contributed by atoms with Gasteiger partial charge in [-0.3, -0.25) is 4.79 Å². The van der Waals surface area contributed by atoms with Crippen LogP contribution in [0.5, 0.6) is 0 Å². The SMILES string of the molecule is Cc1ccc(C)c2c(C)c(C(=O)NCc3ccccc3-n3ccnc3C)oc12. The van der Waals surface area contributed by atoms with Gasteiger partial charge in [-0.25, -0.2) is 4.98 Å². The summed E-state index contributed by atoms with van der Waals surface area (Å²) in [6.45, 7) is 8.33. The standard InChI is InChI=1S/C23H23N3O2/c1-14-9-10-15(2)21-20(14)16(3)22(28-21)23(27)25-13-18-7-5-6-8-19(18)26-12-11-24-17(26)4/h5-12H,13H2,1-4H3,(H,25,27). The van der Waals surface area contributed by atoms with Gasteiger partial charge in [0.25, 0.3) is 5.91 Å². The van der Waals surface area contributed by atoms with Gasteiger partial charge >= 0.3 is 0 Å². The smallest absolute Gasteiger partial charge is 0.287 e. The number of nitrogens with zero attached hydrogens (tertiary/aromatic N) is 2. The Balaban J connectivity index is 1.62. The van der Waals surface area contributed by atoms with Crippen molar-refractivity contribution < 1.29 is 9.21 Å². The molecule has 1 N–H and O–H groups in total. The molecule has 0 aliphatic heterocycles. The van der Waals surface area contributed by atoms with Crippen LogP contribution in [0.1, 0.15) is 38.6 Å². The first kappa shape index (κ1) is 18.0. The second-order valence-electron chi connectivity index (χ2n) is 7.12. The lowest BCUT2D eigenvalue weighted by Crippen LogP contribution is -2.23. The third-order valence-corrected chi connectivity index (χ3v) is 5.21. The highest BCUT2D eigenvalue weighted by atomic mass is 16.3. The van der Waals surface area contributed by atoms with Gasteiger partial charge in [0, 0.05) is 29.9 Å². The Kier molecular flexibility index (Phi) is 4.51. The molecule has 2 heterocycles. The van der Waals surface area contributed by atoms with Crippen molar-refractivity contribution in [2.45, 2.75) is 34.2 Å². The van der Waals surface area contributed by atoms with Crippen LogP contribution in [0.25, 0.3) is 16.7 Å². The predicted molar refractivity (Wildman–Crippen MR) is 110 cm³/mol. The van der Waals surface area contributed by atoms with Gasteiger partial charge < -0.3 is 14.3 Å². The number of benzene rings is 2. The Morgan fingerprint density at radius 2 is 1.82 bits per heavy atom. The highest BCUT2D eigenvalue weighted by Gasteiger charge is 2.20. The number of carbonyl (C=O) groups is 1. The maximum atomic E-state index is 12.9. The molecule has 0 saturated heterocycles. The molecule has 0 bridgehead atoms. The second kappa shape index (κ2) is 7.00. The zero-order valence-electron chi connectivity index (χ0n) is 16.5. The Hall–Kier alpha value is -3.34. The number of amides is 1. The Morgan fingerprint density at radius 3 is 2.54 bits per heavy atom. The third kappa shape index (κ3) is 2.99. The zero-order chi connectivity index (χ0) is 19.8. The lowest BCUT2D eigenvalue weighted by atomic mass is 10.0. The Labute approximate surface area is 164 Å². The minimum Gasteiger partial charge on any atom is -0.450 e. The van der Waals surface area contributed by atoms with Gasteiger partial charge in [0.2, 0.25) is 0 Å². The first-order valence-electron chi connectivity index (χ1n) is 9.33. The summed E-state index contributed by atoms with van der Waals surface area (Å²) in [6.07, 6.45) is 3.69. The van der Waals surface area contributed by atoms with E-state index in [1.165, 1.54) is 0 Å². The van der Waals surface area contributed by atoms with Gasteiger partial charge in [0.05, 0.1) is 5.69 Å². The van der Waals surface area contributed by atoms with Crippen molar-refractivity contribution in [1.29, 1.82) is 0 Å². The van der Waals surface area contributed by atoms with E-state index in [1.807, 2.05) is 68.8 Å². The maximum Gasteiger partial charge on any atom is 0.287 e. The van der Waals surface area contributed by atoms with Crippen molar-refractivity contribution in [3.8, 4) is 5.69 Å². The molecule has 4 rings (SSSR count). The van der Waals surface area contributed by atoms with Crippen molar-refractivity contribution in [2.75, 3.05) is 0 Å². The summed E-state index contributed by atoms with van der Waals surface area (Å²) >= 11 is 0. The third-order valence-electron chi connectivity index (χ3n) is 5.21. The molecular weight excluding hydrogens is 350 g/mol. The summed E-state index contributed by atoms with van der Waals surface area (Å²) in [4.78, 5) is 17.2. The summed E-state index contributed by atoms with van der Waals surface area (Å²) in [5.74, 6) is 1.08. The lowest BCUT2D eigenvalue weighted by Gasteiger charge is -2.12. The molecule has 0 unspecified atom stereocenters. The molecule has 0 spiro atoms. The summed E-state index contributed by atoms with van der Waals surface area (Å²) in [5.41, 5.74) is 5.83. The molecule has 2 aromatic heterocycles. The molecule has 1 amide bonds. The first-order valence-corrected chi connectivity index (χ1v) is 9.33. The number of fused-ring (bicyclic) bond motifs is 1. The first-order chi connectivity index (χ1) is 13.5. The van der Waals surface area contributed by atoms with Gasteiger partial charge in [-0.2, -0.15) is 0 Å². The van der Waals surface area contributed by atoms with Gasteiger partial charge in [0.1, 0.15) is 11.4 Å². The number of hydrogen-bond acceptors (Lipinski definition) is 3. The Bertz CT molecular complexity index is 1180. The summed E-state index contributed by atoms with van der Waals surface area (Å²) in [5, 5.41) is 4.04. The van der Waals surface area contributed by atoms with E-state index in [0.29, 0.717) is 12.3 Å². The van der Waals surface area contributed by atoms with E-state index in [0.717, 1.165) is 44.7 Å². The summed E-state index contributed by atoms with van der Waals surface area (Å²) in [6, 6.07) is 12.1. The number of rotatable bonds is 4. The zero-order valence-corrected chi connectivity index (χ0v) is 16.5. The van der Waals surface area contributed by atoms with E-state index < -0.39 is 0 Å². The number of nitrogens with one attached hydrogen (secondary N) is 1. The van der Waals surface area contributed by atoms with Crippen LogP contribution in [0.2, 0.25) is 0 Å². The number of imidazole rings is 1. The Morgan fingerprint density at radius 1 is 1.07 bits per heavy atom. The number of hydrogen-bond donors (Lipinski definition) is 1. The molecule has 0 fully saturated rings. The van der Waals surface area contributed by atoms with Crippen LogP contribution in [0.3, 0.4) is 0 Å². The molecule has 0 atom stereocenters. The monoisotopic (exact) mass is 373 g/mol. The molecule has 28 heavy (non-hydrogen) atoms. The van der Waals surface area contributed by atoms with Crippen LogP contribution < -0.4 is 5.32 Å². The number of para-hydroxylation sites is 1. The molecule has 2 aromatic carbocycles. The molecule has 0 aliphatic carbocycles. The topological polar surface area (TPSA) is 60.1 Å². The minimum atomic E-state index is -0.204. The molecule has 5 heteroatoms. The molecule has 4 aromatic rings. The minimum absolute atomic E-state index is 0.204. The normalized spacial score (nSPS) is 11.1. The van der Waals surface area contributed by atoms with Crippen LogP contribution in [0.4, 0.5) is 0 Å². The molecule has 5 nitrogen and oxygen atoms in total. The highest BCUT2D eigenvalue weighted by molar-refractivity contribution is 6.00. The summed E-state index contributed by atoms with van der Waals surface area (Å²) in [7, 11) is 0. The fraction of sp³-hybridized carbons (Fsp3) is 0.217. The highest BCUT2D eigenvalue weighted by Crippen LogP contribution is 2.30. The number of aromatic nitrogens is 2. The van der Waals surface area contributed by atoms with Crippen molar-refractivity contribution in [1.82, 2.24) is 14.9 Å². The van der Waals surface area contributed by atoms with E-state index in [2.05, 4.69) is 16.4 Å². The van der Waals surface area contributed by atoms with Crippen molar-refractivity contribution in [3.63, 3.8) is 0 Å². The van der Waals surface area contributed by atoms with Crippen molar-refractivity contribution in [3.05, 3.63) is 82.6 Å². The van der Waals surface area contributed by atoms with E-state index in [9.17, 15) is 4.79 Å². The van der Waals surface area contributed by atoms with E-state index in [4.69, 9.17) is 4.42 Å². The molecule has 0 saturated carbocycles. The van der Waals surface area contributed by atoms with Gasteiger partial charge in [-0.15, -0.1) is 0 Å². The molecule has 0 radical (unpaired) electrons. The van der Waals surface area contributed by atoms with Crippen LogP contribution in [-0.4, -0.2) is 15.5 Å². The average molecular weight is 373 g/mol. The number of aryl methyl sites for hydroxylation is 4. The van der Waals surface area contributed by atoms with Gasteiger partial charge in [-0.05, 0) is 50.5 Å². The fourth-order valence-electron chi connectivity index (χ4n) is 3.68. The quantitative estimate of drug-likeness (QED) is 0.560. The largest absolute Gasteiger partial charge is 0.450 e. The number of furan rings is 1. The second-order valence-corrected chi connectivity index (χ2v) is 7.12. The molecule has 142 valence electrons. The predicted octanol–water partition coefficient (Wildman–Crippen LogP) is 4.78. The van der Waals surface area contributed by atoms with Crippen LogP contribution in [0, 0.1) is 27.7 Å². The van der Waals surface area contributed by atoms with Crippen LogP contribution in [-0.2, 0) is 6.54 Å². The van der Waals surface area contributed by atoms with Crippen LogP contribution in [0.15, 0.2) is 53.2 Å². The lowest BCUT2D eigenvalue weighted by molar-refractivity contribution is 0.0924. The van der Waals surface area contributed by atoms with Crippen molar-refractivity contribution in [2.24, 2.45) is 0 Å². The van der Waals surface area contributed by atoms with Crippen molar-refractivity contribution >= 4 is 16.9 Å². The molecule has 0 aliphatic rings. The van der Waals surface area contributed by atoms with Gasteiger partial charge in [0.15, 0.2) is 5.76 Å². The van der Waals surface area contributed by atoms with E-state index in [-0.39, 0.29) is 5.91 Å². The maximum absolute atomic E-state index is 12.9. The van der Waals surface area contributed by atoms with Crippen LogP contribution >= 0.6 is 0 Å². The number of carbonyl (C=O) groups excluding carboxylic acids is 1. The average Bonchev–Trinajstić information content (AvgIpc) is 3.27.